The number of aromatic amines is 1. The minimum atomic E-state index is -1.42. The third-order valence-electron chi connectivity index (χ3n) is 5.56. The van der Waals surface area contributed by atoms with Gasteiger partial charge < -0.3 is 30.1 Å². The second kappa shape index (κ2) is 8.26. The number of phenolic OH excluding ortho intramolecular Hbond substituents is 1. The Morgan fingerprint density at radius 1 is 1.21 bits per heavy atom. The second-order valence-electron chi connectivity index (χ2n) is 7.53. The van der Waals surface area contributed by atoms with Crippen molar-refractivity contribution in [2.75, 3.05) is 12.0 Å². The Kier molecular flexibility index (Phi) is 5.26. The van der Waals surface area contributed by atoms with Crippen LogP contribution in [0.15, 0.2) is 52.6 Å². The number of ether oxygens (including phenoxy) is 1. The summed E-state index contributed by atoms with van der Waals surface area (Å²) in [6, 6.07) is 10.8. The van der Waals surface area contributed by atoms with E-state index in [0.29, 0.717) is 5.56 Å². The van der Waals surface area contributed by atoms with E-state index in [0.717, 1.165) is 10.8 Å². The molecule has 0 saturated carbocycles. The molecule has 12 heteroatoms. The lowest BCUT2D eigenvalue weighted by atomic mass is 10.0. The van der Waals surface area contributed by atoms with Crippen molar-refractivity contribution >= 4 is 34.1 Å². The first-order chi connectivity index (χ1) is 16.0. The Morgan fingerprint density at radius 2 is 2.03 bits per heavy atom. The van der Waals surface area contributed by atoms with E-state index in [1.165, 1.54) is 17.1 Å². The zero-order valence-electron chi connectivity index (χ0n) is 17.0. The number of anilines is 1. The third kappa shape index (κ3) is 3.50. The van der Waals surface area contributed by atoms with Gasteiger partial charge in [-0.2, -0.15) is 5.10 Å². The van der Waals surface area contributed by atoms with E-state index in [9.17, 15) is 25.2 Å². The first-order valence-electron chi connectivity index (χ1n) is 10.1. The van der Waals surface area contributed by atoms with Crippen LogP contribution in [0, 0.1) is 0 Å². The van der Waals surface area contributed by atoms with Crippen molar-refractivity contribution < 1.29 is 25.2 Å². The van der Waals surface area contributed by atoms with Gasteiger partial charge in [0.15, 0.2) is 17.4 Å². The number of phenols is 1. The first-order valence-corrected chi connectivity index (χ1v) is 10.1. The van der Waals surface area contributed by atoms with Gasteiger partial charge in [0.05, 0.1) is 19.1 Å². The van der Waals surface area contributed by atoms with E-state index in [4.69, 9.17) is 4.74 Å². The van der Waals surface area contributed by atoms with Crippen LogP contribution in [0.5, 0.6) is 5.75 Å². The summed E-state index contributed by atoms with van der Waals surface area (Å²) in [5.74, 6) is 0.0225. The largest absolute Gasteiger partial charge is 0.507 e. The van der Waals surface area contributed by atoms with E-state index in [1.807, 2.05) is 24.3 Å². The van der Waals surface area contributed by atoms with Crippen LogP contribution in [0.3, 0.4) is 0 Å². The monoisotopic (exact) mass is 452 g/mol. The van der Waals surface area contributed by atoms with Gasteiger partial charge in [-0.25, -0.2) is 15.4 Å². The standard InChI is InChI=1S/C21H20N6O6/c28-8-14-16(30)17(31)20(33-14)27-18-15(19(32)23-9-22-18)25-21(27)26-24-7-12-11-4-2-1-3-10(11)5-6-13(12)29/h1-7,9,14,16-17,20,28-31H,8H2,(H,25,26)(H,22,23,32)/b24-7+/t14-,16-,17-,20-/m1/s1. The predicted molar refractivity (Wildman–Crippen MR) is 118 cm³/mol. The first kappa shape index (κ1) is 21.0. The molecule has 3 heterocycles. The second-order valence-corrected chi connectivity index (χ2v) is 7.53. The highest BCUT2D eigenvalue weighted by molar-refractivity contribution is 6.02. The molecule has 0 unspecified atom stereocenters. The molecule has 4 aromatic rings. The van der Waals surface area contributed by atoms with Gasteiger partial charge in [-0.05, 0) is 16.8 Å². The van der Waals surface area contributed by atoms with Gasteiger partial charge in [-0.1, -0.05) is 30.3 Å². The Morgan fingerprint density at radius 3 is 2.82 bits per heavy atom. The molecule has 170 valence electrons. The normalized spacial score (nSPS) is 23.1. The number of rotatable bonds is 5. The van der Waals surface area contributed by atoms with Gasteiger partial charge in [0, 0.05) is 5.56 Å². The van der Waals surface area contributed by atoms with E-state index in [2.05, 4.69) is 25.5 Å². The molecule has 6 N–H and O–H groups in total. The van der Waals surface area contributed by atoms with E-state index < -0.39 is 36.7 Å². The Hall–Kier alpha value is -3.84. The lowest BCUT2D eigenvalue weighted by Gasteiger charge is -2.18. The van der Waals surface area contributed by atoms with Crippen LogP contribution in [0.1, 0.15) is 11.8 Å². The van der Waals surface area contributed by atoms with Crippen molar-refractivity contribution in [3.05, 3.63) is 58.6 Å². The van der Waals surface area contributed by atoms with Crippen molar-refractivity contribution in [1.29, 1.82) is 0 Å². The number of hydrogen-bond donors (Lipinski definition) is 6. The summed E-state index contributed by atoms with van der Waals surface area (Å²) in [6.45, 7) is -0.517. The highest BCUT2D eigenvalue weighted by Gasteiger charge is 2.45. The van der Waals surface area contributed by atoms with E-state index in [-0.39, 0.29) is 22.9 Å². The zero-order valence-corrected chi connectivity index (χ0v) is 17.0. The average molecular weight is 452 g/mol. The van der Waals surface area contributed by atoms with Crippen LogP contribution in [0.2, 0.25) is 0 Å². The molecule has 33 heavy (non-hydrogen) atoms. The van der Waals surface area contributed by atoms with Gasteiger partial charge in [-0.15, -0.1) is 0 Å². The molecule has 12 nitrogen and oxygen atoms in total. The summed E-state index contributed by atoms with van der Waals surface area (Å²) in [4.78, 5) is 23.0. The number of nitrogens with one attached hydrogen (secondary N) is 2. The summed E-state index contributed by atoms with van der Waals surface area (Å²) < 4.78 is 6.88. The van der Waals surface area contributed by atoms with Crippen molar-refractivity contribution in [1.82, 2.24) is 19.5 Å². The SMILES string of the molecule is O=c1[nH]cnc2c1nc(N/N=C/c1c(O)ccc3ccccc13)n2[C@@H]1O[C@H](CO)[C@@H](O)[C@H]1O. The van der Waals surface area contributed by atoms with E-state index in [1.54, 1.807) is 12.1 Å². The molecule has 0 bridgehead atoms. The number of aliphatic hydroxyl groups excluding tert-OH is 3. The highest BCUT2D eigenvalue weighted by Crippen LogP contribution is 2.34. The predicted octanol–water partition coefficient (Wildman–Crippen LogP) is 0.0359. The maximum atomic E-state index is 12.2. The molecule has 1 fully saturated rings. The Labute approximate surface area is 185 Å². The molecule has 1 aliphatic rings. The van der Waals surface area contributed by atoms with Crippen LogP contribution in [0.4, 0.5) is 5.95 Å². The molecule has 0 spiro atoms. The Bertz CT molecular complexity index is 1420. The van der Waals surface area contributed by atoms with Gasteiger partial charge in [0.1, 0.15) is 24.1 Å². The number of imidazole rings is 1. The number of aliphatic hydroxyl groups is 3. The smallest absolute Gasteiger partial charge is 0.278 e. The summed E-state index contributed by atoms with van der Waals surface area (Å²) >= 11 is 0. The number of hydrazone groups is 1. The number of aromatic nitrogens is 4. The van der Waals surface area contributed by atoms with E-state index >= 15 is 0 Å². The summed E-state index contributed by atoms with van der Waals surface area (Å²) in [5.41, 5.74) is 2.68. The van der Waals surface area contributed by atoms with Crippen molar-refractivity contribution in [2.45, 2.75) is 24.5 Å². The maximum Gasteiger partial charge on any atom is 0.278 e. The lowest BCUT2D eigenvalue weighted by molar-refractivity contribution is -0.0501. The van der Waals surface area contributed by atoms with Gasteiger partial charge in [0.25, 0.3) is 5.56 Å². The summed E-state index contributed by atoms with van der Waals surface area (Å²) in [7, 11) is 0. The molecular weight excluding hydrogens is 432 g/mol. The fourth-order valence-electron chi connectivity index (χ4n) is 3.91. The topological polar surface area (TPSA) is 178 Å². The molecular formula is C21H20N6O6. The minimum Gasteiger partial charge on any atom is -0.507 e. The number of benzene rings is 2. The molecule has 2 aromatic heterocycles. The quantitative estimate of drug-likeness (QED) is 0.180. The van der Waals surface area contributed by atoms with Crippen LogP contribution < -0.4 is 11.0 Å². The third-order valence-corrected chi connectivity index (χ3v) is 5.56. The summed E-state index contributed by atoms with van der Waals surface area (Å²) in [6.07, 6.45) is -2.44. The number of aromatic hydroxyl groups is 1. The zero-order chi connectivity index (χ0) is 23.1. The maximum absolute atomic E-state index is 12.2. The fraction of sp³-hybridized carbons (Fsp3) is 0.238. The highest BCUT2D eigenvalue weighted by atomic mass is 16.6. The number of hydrogen-bond acceptors (Lipinski definition) is 10. The lowest BCUT2D eigenvalue weighted by Crippen LogP contribution is -2.33. The molecule has 0 aliphatic carbocycles. The van der Waals surface area contributed by atoms with Crippen LogP contribution in [-0.4, -0.2) is 71.1 Å². The van der Waals surface area contributed by atoms with Crippen LogP contribution in [-0.2, 0) is 4.74 Å². The number of H-pyrrole nitrogens is 1. The van der Waals surface area contributed by atoms with Crippen molar-refractivity contribution in [3.63, 3.8) is 0 Å². The molecule has 1 aliphatic heterocycles. The molecule has 0 amide bonds. The van der Waals surface area contributed by atoms with Gasteiger partial charge >= 0.3 is 0 Å². The minimum absolute atomic E-state index is 0.0000151. The molecule has 0 radical (unpaired) electrons. The Balaban J connectivity index is 1.56. The number of fused-ring (bicyclic) bond motifs is 2. The fourth-order valence-corrected chi connectivity index (χ4v) is 3.91. The van der Waals surface area contributed by atoms with Crippen molar-refractivity contribution in [2.24, 2.45) is 5.10 Å². The van der Waals surface area contributed by atoms with Gasteiger partial charge in [0.2, 0.25) is 5.95 Å². The molecule has 1 saturated heterocycles. The average Bonchev–Trinajstić information content (AvgIpc) is 3.33. The molecule has 4 atom stereocenters. The molecule has 5 rings (SSSR count). The number of nitrogens with zero attached hydrogens (tertiary/aromatic N) is 4. The van der Waals surface area contributed by atoms with Crippen LogP contribution in [0.25, 0.3) is 21.9 Å². The molecule has 2 aromatic carbocycles. The summed E-state index contributed by atoms with van der Waals surface area (Å²) in [5, 5.41) is 46.2. The van der Waals surface area contributed by atoms with Crippen molar-refractivity contribution in [3.8, 4) is 5.75 Å². The van der Waals surface area contributed by atoms with Crippen LogP contribution >= 0.6 is 0 Å². The van der Waals surface area contributed by atoms with Gasteiger partial charge in [-0.3, -0.25) is 9.36 Å².